The molecule has 5 rings (SSSR count). The fraction of sp³-hybridized carbons (Fsp3) is 0.250. The molecule has 9 heteroatoms. The lowest BCUT2D eigenvalue weighted by molar-refractivity contribution is 0.299. The quantitative estimate of drug-likeness (QED) is 0.305. The molecule has 0 aliphatic heterocycles. The molecule has 3 aromatic carbocycles. The van der Waals surface area contributed by atoms with Gasteiger partial charge in [0.25, 0.3) is 0 Å². The van der Waals surface area contributed by atoms with Crippen molar-refractivity contribution < 1.29 is 5.11 Å². The van der Waals surface area contributed by atoms with Gasteiger partial charge in [0.05, 0.1) is 12.2 Å². The van der Waals surface area contributed by atoms with Crippen molar-refractivity contribution in [3.05, 3.63) is 100 Å². The normalized spacial score (nSPS) is 11.2. The van der Waals surface area contributed by atoms with Gasteiger partial charge in [0.2, 0.25) is 5.82 Å². The fourth-order valence-corrected chi connectivity index (χ4v) is 4.50. The zero-order valence-corrected chi connectivity index (χ0v) is 20.7. The second kappa shape index (κ2) is 11.1. The van der Waals surface area contributed by atoms with Crippen molar-refractivity contribution in [2.45, 2.75) is 39.2 Å². The number of aromatic amines is 1. The van der Waals surface area contributed by atoms with Gasteiger partial charge in [0, 0.05) is 18.6 Å². The van der Waals surface area contributed by atoms with E-state index in [0.29, 0.717) is 24.5 Å². The molecule has 5 aromatic rings. The van der Waals surface area contributed by atoms with Crippen LogP contribution in [-0.4, -0.2) is 46.7 Å². The second-order valence-electron chi connectivity index (χ2n) is 8.88. The first-order valence-corrected chi connectivity index (χ1v) is 12.5. The van der Waals surface area contributed by atoms with Crippen LogP contribution < -0.4 is 5.69 Å². The van der Waals surface area contributed by atoms with E-state index < -0.39 is 0 Å². The molecule has 0 atom stereocenters. The van der Waals surface area contributed by atoms with E-state index in [1.807, 2.05) is 72.8 Å². The van der Waals surface area contributed by atoms with Crippen LogP contribution in [-0.2, 0) is 19.4 Å². The van der Waals surface area contributed by atoms with Crippen LogP contribution in [0, 0.1) is 0 Å². The number of benzene rings is 3. The Labute approximate surface area is 214 Å². The van der Waals surface area contributed by atoms with Crippen LogP contribution in [0.25, 0.3) is 28.2 Å². The molecular formula is C28H29N7O2. The fourth-order valence-electron chi connectivity index (χ4n) is 4.50. The van der Waals surface area contributed by atoms with Crippen molar-refractivity contribution in [2.75, 3.05) is 6.61 Å². The zero-order chi connectivity index (χ0) is 25.6. The molecule has 0 radical (unpaired) electrons. The van der Waals surface area contributed by atoms with Crippen molar-refractivity contribution in [1.82, 2.24) is 35.0 Å². The number of aromatic nitrogens is 7. The van der Waals surface area contributed by atoms with Crippen molar-refractivity contribution >= 4 is 0 Å². The first kappa shape index (κ1) is 24.3. The Hall–Kier alpha value is -4.37. The minimum atomic E-state index is -0.178. The molecule has 9 nitrogen and oxygen atoms in total. The third kappa shape index (κ3) is 5.12. The lowest BCUT2D eigenvalue weighted by atomic mass is 9.98. The van der Waals surface area contributed by atoms with E-state index in [1.165, 1.54) is 4.68 Å². The third-order valence-electron chi connectivity index (χ3n) is 6.41. The van der Waals surface area contributed by atoms with E-state index in [2.05, 4.69) is 27.5 Å². The number of para-hydroxylation sites is 1. The number of unbranched alkanes of at least 4 members (excludes halogenated alkanes) is 1. The van der Waals surface area contributed by atoms with Gasteiger partial charge in [-0.1, -0.05) is 80.1 Å². The number of aliphatic hydroxyl groups is 1. The van der Waals surface area contributed by atoms with Crippen molar-refractivity contribution in [2.24, 2.45) is 0 Å². The zero-order valence-electron chi connectivity index (χ0n) is 20.7. The molecule has 0 aliphatic carbocycles. The SMILES string of the molecule is CCCCc1nn(-c2ccccc2CCO)c(=O)n1Cc1ccc(-c2ccccc2-c2nn[nH]n2)cc1. The highest BCUT2D eigenvalue weighted by molar-refractivity contribution is 5.80. The van der Waals surface area contributed by atoms with Gasteiger partial charge in [-0.15, -0.1) is 15.3 Å². The molecule has 188 valence electrons. The molecule has 0 aliphatic rings. The molecule has 0 amide bonds. The van der Waals surface area contributed by atoms with Crippen molar-refractivity contribution in [1.29, 1.82) is 0 Å². The maximum atomic E-state index is 13.6. The summed E-state index contributed by atoms with van der Waals surface area (Å²) in [6, 6.07) is 23.7. The number of nitrogens with zero attached hydrogens (tertiary/aromatic N) is 6. The van der Waals surface area contributed by atoms with E-state index in [-0.39, 0.29) is 12.3 Å². The van der Waals surface area contributed by atoms with Crippen molar-refractivity contribution in [3.8, 4) is 28.2 Å². The highest BCUT2D eigenvalue weighted by Gasteiger charge is 2.17. The number of aryl methyl sites for hydroxylation is 1. The van der Waals surface area contributed by atoms with Gasteiger partial charge >= 0.3 is 5.69 Å². The summed E-state index contributed by atoms with van der Waals surface area (Å²) in [5, 5.41) is 28.7. The Morgan fingerprint density at radius 3 is 2.41 bits per heavy atom. The lowest BCUT2D eigenvalue weighted by Crippen LogP contribution is -2.25. The number of rotatable bonds is 10. The summed E-state index contributed by atoms with van der Waals surface area (Å²) in [4.78, 5) is 13.6. The predicted octanol–water partition coefficient (Wildman–Crippen LogP) is 3.81. The van der Waals surface area contributed by atoms with Gasteiger partial charge in [-0.3, -0.25) is 4.57 Å². The van der Waals surface area contributed by atoms with Crippen LogP contribution >= 0.6 is 0 Å². The first-order valence-electron chi connectivity index (χ1n) is 12.5. The molecule has 2 aromatic heterocycles. The smallest absolute Gasteiger partial charge is 0.351 e. The Kier molecular flexibility index (Phi) is 7.32. The average molecular weight is 496 g/mol. The monoisotopic (exact) mass is 495 g/mol. The van der Waals surface area contributed by atoms with Gasteiger partial charge in [0.15, 0.2) is 0 Å². The number of nitrogens with one attached hydrogen (secondary N) is 1. The summed E-state index contributed by atoms with van der Waals surface area (Å²) in [5.41, 5.74) is 5.35. The highest BCUT2D eigenvalue weighted by atomic mass is 16.3. The summed E-state index contributed by atoms with van der Waals surface area (Å²) in [6.07, 6.45) is 3.14. The number of tetrazole rings is 1. The van der Waals surface area contributed by atoms with Gasteiger partial charge in [0.1, 0.15) is 5.82 Å². The van der Waals surface area contributed by atoms with Crippen LogP contribution in [0.15, 0.2) is 77.6 Å². The lowest BCUT2D eigenvalue weighted by Gasteiger charge is -2.09. The Morgan fingerprint density at radius 1 is 0.919 bits per heavy atom. The maximum Gasteiger partial charge on any atom is 0.351 e. The number of hydrogen-bond donors (Lipinski definition) is 2. The van der Waals surface area contributed by atoms with Crippen LogP contribution in [0.1, 0.15) is 36.7 Å². The van der Waals surface area contributed by atoms with E-state index in [0.717, 1.165) is 52.9 Å². The summed E-state index contributed by atoms with van der Waals surface area (Å²) in [5.74, 6) is 1.30. The Morgan fingerprint density at radius 2 is 1.68 bits per heavy atom. The van der Waals surface area contributed by atoms with E-state index in [4.69, 9.17) is 5.10 Å². The van der Waals surface area contributed by atoms with Crippen LogP contribution in [0.2, 0.25) is 0 Å². The predicted molar refractivity (Wildman–Crippen MR) is 141 cm³/mol. The van der Waals surface area contributed by atoms with E-state index in [1.54, 1.807) is 4.57 Å². The van der Waals surface area contributed by atoms with Crippen LogP contribution in [0.5, 0.6) is 0 Å². The minimum absolute atomic E-state index is 0.0113. The van der Waals surface area contributed by atoms with Crippen molar-refractivity contribution in [3.63, 3.8) is 0 Å². The summed E-state index contributed by atoms with van der Waals surface area (Å²) in [6.45, 7) is 2.56. The van der Waals surface area contributed by atoms with Gasteiger partial charge in [-0.2, -0.15) is 9.90 Å². The van der Waals surface area contributed by atoms with Crippen LogP contribution in [0.4, 0.5) is 0 Å². The van der Waals surface area contributed by atoms with Gasteiger partial charge < -0.3 is 5.11 Å². The van der Waals surface area contributed by atoms with E-state index >= 15 is 0 Å². The minimum Gasteiger partial charge on any atom is -0.396 e. The molecule has 0 unspecified atom stereocenters. The molecular weight excluding hydrogens is 466 g/mol. The summed E-state index contributed by atoms with van der Waals surface area (Å²) >= 11 is 0. The Balaban J connectivity index is 1.48. The first-order chi connectivity index (χ1) is 18.2. The molecule has 0 spiro atoms. The molecule has 2 N–H and O–H groups in total. The maximum absolute atomic E-state index is 13.6. The molecule has 0 saturated heterocycles. The number of H-pyrrole nitrogens is 1. The summed E-state index contributed by atoms with van der Waals surface area (Å²) < 4.78 is 3.24. The van der Waals surface area contributed by atoms with Gasteiger partial charge in [-0.05, 0) is 46.4 Å². The third-order valence-corrected chi connectivity index (χ3v) is 6.41. The highest BCUT2D eigenvalue weighted by Crippen LogP contribution is 2.29. The summed E-state index contributed by atoms with van der Waals surface area (Å²) in [7, 11) is 0. The molecule has 0 saturated carbocycles. The number of aliphatic hydroxyl groups excluding tert-OH is 1. The average Bonchev–Trinajstić information content (AvgIpc) is 3.58. The Bertz CT molecular complexity index is 1520. The van der Waals surface area contributed by atoms with Crippen LogP contribution in [0.3, 0.4) is 0 Å². The topological polar surface area (TPSA) is 115 Å². The molecule has 2 heterocycles. The molecule has 37 heavy (non-hydrogen) atoms. The standard InChI is InChI=1S/C28H29N7O2/c1-2-3-12-26-31-35(25-11-7-4-8-22(25)17-18-36)28(37)34(26)19-20-13-15-21(16-14-20)23-9-5-6-10-24(23)27-29-32-33-30-27/h4-11,13-16,36H,2-3,12,17-19H2,1H3,(H,29,30,32,33). The van der Waals surface area contributed by atoms with Gasteiger partial charge in [-0.25, -0.2) is 4.79 Å². The molecule has 0 bridgehead atoms. The molecule has 0 fully saturated rings. The van der Waals surface area contributed by atoms with E-state index in [9.17, 15) is 9.90 Å². The largest absolute Gasteiger partial charge is 0.396 e. The number of hydrogen-bond acceptors (Lipinski definition) is 6. The second-order valence-corrected chi connectivity index (χ2v) is 8.88.